The summed E-state index contributed by atoms with van der Waals surface area (Å²) in [6.45, 7) is 4.61. The molecule has 0 N–H and O–H groups in total. The predicted molar refractivity (Wildman–Crippen MR) is 175 cm³/mol. The Morgan fingerprint density at radius 3 is 1.54 bits per heavy atom. The molecule has 0 nitrogen and oxygen atoms in total. The van der Waals surface area contributed by atoms with Crippen molar-refractivity contribution in [3.05, 3.63) is 59.4 Å². The number of hydrogen-bond donors (Lipinski definition) is 0. The summed E-state index contributed by atoms with van der Waals surface area (Å²) in [4.78, 5) is 0. The van der Waals surface area contributed by atoms with Gasteiger partial charge in [-0.1, -0.05) is 114 Å². The zero-order valence-corrected chi connectivity index (χ0v) is 26.5. The maximum absolute atomic E-state index is 15.3. The van der Waals surface area contributed by atoms with Crippen LogP contribution in [-0.2, 0) is 0 Å². The smallest absolute Gasteiger partial charge is 0.131 e. The lowest BCUT2D eigenvalue weighted by Crippen LogP contribution is -2.25. The van der Waals surface area contributed by atoms with E-state index in [1.54, 1.807) is 0 Å². The molecule has 3 aliphatic carbocycles. The van der Waals surface area contributed by atoms with E-state index in [1.807, 2.05) is 6.07 Å². The van der Waals surface area contributed by atoms with Crippen LogP contribution in [0.25, 0.3) is 11.1 Å². The molecule has 0 amide bonds. The van der Waals surface area contributed by atoms with E-state index in [9.17, 15) is 0 Å². The van der Waals surface area contributed by atoms with E-state index in [0.717, 1.165) is 34.8 Å². The van der Waals surface area contributed by atoms with Crippen LogP contribution >= 0.6 is 0 Å². The van der Waals surface area contributed by atoms with Gasteiger partial charge >= 0.3 is 0 Å². The summed E-state index contributed by atoms with van der Waals surface area (Å²) in [6, 6.07) is 15.1. The van der Waals surface area contributed by atoms with Gasteiger partial charge in [-0.2, -0.15) is 0 Å². The highest BCUT2D eigenvalue weighted by Gasteiger charge is 2.31. The number of rotatable bonds is 12. The minimum Gasteiger partial charge on any atom is -0.206 e. The first-order valence-electron chi connectivity index (χ1n) is 18.0. The summed E-state index contributed by atoms with van der Waals surface area (Å²) < 4.78 is 15.3. The molecule has 0 bridgehead atoms. The van der Waals surface area contributed by atoms with Gasteiger partial charge in [0.15, 0.2) is 0 Å². The van der Waals surface area contributed by atoms with Crippen LogP contribution < -0.4 is 0 Å². The summed E-state index contributed by atoms with van der Waals surface area (Å²) in [5.74, 6) is 5.07. The van der Waals surface area contributed by atoms with Gasteiger partial charge in [0, 0.05) is 5.56 Å². The maximum atomic E-state index is 15.3. The second-order valence-corrected chi connectivity index (χ2v) is 14.5. The van der Waals surface area contributed by atoms with E-state index in [4.69, 9.17) is 0 Å². The van der Waals surface area contributed by atoms with E-state index in [1.165, 1.54) is 140 Å². The van der Waals surface area contributed by atoms with Crippen molar-refractivity contribution in [1.29, 1.82) is 0 Å². The minimum absolute atomic E-state index is 0.0408. The molecule has 0 heterocycles. The Hall–Kier alpha value is -1.63. The molecule has 1 heteroatoms. The van der Waals surface area contributed by atoms with E-state index in [-0.39, 0.29) is 5.82 Å². The fourth-order valence-corrected chi connectivity index (χ4v) is 8.98. The Morgan fingerprint density at radius 2 is 1.00 bits per heavy atom. The van der Waals surface area contributed by atoms with Crippen molar-refractivity contribution in [1.82, 2.24) is 0 Å². The van der Waals surface area contributed by atoms with E-state index < -0.39 is 0 Å². The van der Waals surface area contributed by atoms with Crippen molar-refractivity contribution < 1.29 is 4.39 Å². The fourth-order valence-electron chi connectivity index (χ4n) is 8.98. The summed E-state index contributed by atoms with van der Waals surface area (Å²) in [7, 11) is 0. The first-order valence-corrected chi connectivity index (χ1v) is 18.0. The lowest BCUT2D eigenvalue weighted by atomic mass is 9.68. The zero-order valence-electron chi connectivity index (χ0n) is 26.5. The second-order valence-electron chi connectivity index (χ2n) is 14.5. The molecule has 2 aromatic carbocycles. The normalized spacial score (nSPS) is 29.0. The number of halogens is 1. The Labute approximate surface area is 252 Å². The van der Waals surface area contributed by atoms with Crippen LogP contribution in [0.2, 0.25) is 0 Å². The van der Waals surface area contributed by atoms with Gasteiger partial charge in [-0.15, -0.1) is 0 Å². The van der Waals surface area contributed by atoms with Gasteiger partial charge in [0.1, 0.15) is 5.82 Å². The van der Waals surface area contributed by atoms with Crippen molar-refractivity contribution in [2.45, 2.75) is 154 Å². The van der Waals surface area contributed by atoms with Gasteiger partial charge in [-0.05, 0) is 122 Å². The number of hydrogen-bond acceptors (Lipinski definition) is 0. The molecule has 3 aliphatic rings. The van der Waals surface area contributed by atoms with Gasteiger partial charge in [0.25, 0.3) is 0 Å². The Bertz CT molecular complexity index is 1010. The quantitative estimate of drug-likeness (QED) is 0.227. The molecule has 3 saturated carbocycles. The number of unbranched alkanes of at least 4 members (excludes halogenated alkanes) is 4. The van der Waals surface area contributed by atoms with Crippen molar-refractivity contribution in [3.8, 4) is 11.1 Å². The monoisotopic (exact) mass is 558 g/mol. The van der Waals surface area contributed by atoms with E-state index >= 15 is 4.39 Å². The average molecular weight is 559 g/mol. The SMILES string of the molecule is CCCCCC1CCC(c2ccc(-c3ccc(C4CCC(C5CCC(CCCCC)CC5)CC4)cc3)c(F)c2)CC1. The van der Waals surface area contributed by atoms with E-state index in [0.29, 0.717) is 11.8 Å². The largest absolute Gasteiger partial charge is 0.206 e. The topological polar surface area (TPSA) is 0 Å². The third-order valence-corrected chi connectivity index (χ3v) is 11.8. The average Bonchev–Trinajstić information content (AvgIpc) is 3.02. The van der Waals surface area contributed by atoms with Crippen molar-refractivity contribution >= 4 is 0 Å². The molecule has 41 heavy (non-hydrogen) atoms. The molecule has 0 unspecified atom stereocenters. The first-order chi connectivity index (χ1) is 20.1. The molecule has 0 atom stereocenters. The molecule has 0 saturated heterocycles. The summed E-state index contributed by atoms with van der Waals surface area (Å²) in [5.41, 5.74) is 4.49. The molecule has 226 valence electrons. The first kappa shape index (κ1) is 30.8. The van der Waals surface area contributed by atoms with Gasteiger partial charge in [-0.3, -0.25) is 0 Å². The highest BCUT2D eigenvalue weighted by atomic mass is 19.1. The van der Waals surface area contributed by atoms with Crippen LogP contribution in [0.4, 0.5) is 4.39 Å². The van der Waals surface area contributed by atoms with Crippen molar-refractivity contribution in [3.63, 3.8) is 0 Å². The van der Waals surface area contributed by atoms with Gasteiger partial charge in [-0.25, -0.2) is 4.39 Å². The second kappa shape index (κ2) is 15.7. The molecule has 5 rings (SSSR count). The highest BCUT2D eigenvalue weighted by Crippen LogP contribution is 2.45. The van der Waals surface area contributed by atoms with Gasteiger partial charge < -0.3 is 0 Å². The van der Waals surface area contributed by atoms with Crippen molar-refractivity contribution in [2.24, 2.45) is 23.7 Å². The van der Waals surface area contributed by atoms with Crippen molar-refractivity contribution in [2.75, 3.05) is 0 Å². The zero-order chi connectivity index (χ0) is 28.4. The Kier molecular flexibility index (Phi) is 11.8. The van der Waals surface area contributed by atoms with Crippen LogP contribution in [0.1, 0.15) is 165 Å². The van der Waals surface area contributed by atoms with Crippen LogP contribution in [0.3, 0.4) is 0 Å². The van der Waals surface area contributed by atoms with Crippen LogP contribution in [0.15, 0.2) is 42.5 Å². The van der Waals surface area contributed by atoms with Crippen LogP contribution in [0, 0.1) is 29.5 Å². The third kappa shape index (κ3) is 8.48. The lowest BCUT2D eigenvalue weighted by Gasteiger charge is -2.38. The molecule has 3 fully saturated rings. The molecule has 2 aromatic rings. The lowest BCUT2D eigenvalue weighted by molar-refractivity contribution is 0.155. The van der Waals surface area contributed by atoms with Gasteiger partial charge in [0.05, 0.1) is 0 Å². The van der Waals surface area contributed by atoms with Crippen LogP contribution in [-0.4, -0.2) is 0 Å². The minimum atomic E-state index is -0.0408. The molecule has 0 aromatic heterocycles. The Balaban J connectivity index is 1.08. The van der Waals surface area contributed by atoms with Gasteiger partial charge in [0.2, 0.25) is 0 Å². The third-order valence-electron chi connectivity index (χ3n) is 11.8. The standard InChI is InChI=1S/C40H59F/c1-3-5-7-9-30-11-15-32(16-12-30)33-19-21-34(22-20-33)35-23-25-37(26-24-35)39-28-27-38(29-40(39)41)36-17-13-31(14-18-36)10-8-6-4-2/h23-34,36H,3-22H2,1-2H3. The maximum Gasteiger partial charge on any atom is 0.131 e. The molecular weight excluding hydrogens is 499 g/mol. The Morgan fingerprint density at radius 1 is 0.537 bits per heavy atom. The predicted octanol–water partition coefficient (Wildman–Crippen LogP) is 13.0. The summed E-state index contributed by atoms with van der Waals surface area (Å²) in [6.07, 6.45) is 27.7. The molecule has 0 radical (unpaired) electrons. The number of benzene rings is 2. The fraction of sp³-hybridized carbons (Fsp3) is 0.700. The van der Waals surface area contributed by atoms with E-state index in [2.05, 4.69) is 50.2 Å². The molecule has 0 spiro atoms. The highest BCUT2D eigenvalue weighted by molar-refractivity contribution is 5.65. The molecular formula is C40H59F. The molecule has 0 aliphatic heterocycles. The summed E-state index contributed by atoms with van der Waals surface area (Å²) >= 11 is 0. The van der Waals surface area contributed by atoms with Crippen LogP contribution in [0.5, 0.6) is 0 Å². The summed E-state index contributed by atoms with van der Waals surface area (Å²) in [5, 5.41) is 0.